The second-order valence-electron chi connectivity index (χ2n) is 7.34. The second-order valence-corrected chi connectivity index (χ2v) is 7.34. The van der Waals surface area contributed by atoms with Gasteiger partial charge >= 0.3 is 0 Å². The molecule has 2 aromatic rings. The lowest BCUT2D eigenvalue weighted by Crippen LogP contribution is -2.49. The van der Waals surface area contributed by atoms with Gasteiger partial charge in [-0.05, 0) is 30.3 Å². The topological polar surface area (TPSA) is 44.8 Å². The minimum atomic E-state index is -0.295. The van der Waals surface area contributed by atoms with E-state index < -0.39 is 0 Å². The Morgan fingerprint density at radius 2 is 1.79 bits per heavy atom. The predicted molar refractivity (Wildman–Crippen MR) is 113 cm³/mol. The van der Waals surface area contributed by atoms with Crippen molar-refractivity contribution in [3.05, 3.63) is 65.5 Å². The Bertz CT molecular complexity index is 789. The van der Waals surface area contributed by atoms with E-state index in [0.29, 0.717) is 6.54 Å². The molecule has 1 saturated heterocycles. The number of amides is 1. The fourth-order valence-electron chi connectivity index (χ4n) is 3.83. The number of hydrogen-bond donors (Lipinski definition) is 1. The average Bonchev–Trinajstić information content (AvgIpc) is 2.76. The Morgan fingerprint density at radius 1 is 1.10 bits per heavy atom. The van der Waals surface area contributed by atoms with Crippen LogP contribution in [-0.2, 0) is 11.2 Å². The number of carbonyl (C=O) groups is 1. The molecule has 0 radical (unpaired) electrons. The van der Waals surface area contributed by atoms with Gasteiger partial charge in [0, 0.05) is 38.3 Å². The zero-order chi connectivity index (χ0) is 20.6. The highest BCUT2D eigenvalue weighted by Gasteiger charge is 2.27. The van der Waals surface area contributed by atoms with Gasteiger partial charge in [0.1, 0.15) is 11.6 Å². The molecule has 156 valence electrons. The van der Waals surface area contributed by atoms with E-state index in [9.17, 15) is 9.18 Å². The first-order chi connectivity index (χ1) is 14.1. The second kappa shape index (κ2) is 10.4. The number of nitrogens with one attached hydrogen (secondary N) is 1. The molecule has 1 amide bonds. The molecule has 1 unspecified atom stereocenters. The Balaban J connectivity index is 1.69. The number of rotatable bonds is 8. The third kappa shape index (κ3) is 5.78. The van der Waals surface area contributed by atoms with Gasteiger partial charge in [0.25, 0.3) is 0 Å². The van der Waals surface area contributed by atoms with E-state index >= 15 is 0 Å². The third-order valence-corrected chi connectivity index (χ3v) is 5.56. The number of benzene rings is 2. The monoisotopic (exact) mass is 399 g/mol. The first kappa shape index (κ1) is 21.3. The maximum atomic E-state index is 13.1. The van der Waals surface area contributed by atoms with Gasteiger partial charge in [-0.2, -0.15) is 0 Å². The largest absolute Gasteiger partial charge is 0.496 e. The van der Waals surface area contributed by atoms with Crippen molar-refractivity contribution in [2.45, 2.75) is 19.4 Å². The lowest BCUT2D eigenvalue weighted by molar-refractivity contribution is -0.120. The highest BCUT2D eigenvalue weighted by molar-refractivity contribution is 5.78. The van der Waals surface area contributed by atoms with E-state index in [2.05, 4.69) is 28.1 Å². The number of hydrogen-bond acceptors (Lipinski definition) is 4. The molecule has 1 heterocycles. The molecule has 1 N–H and O–H groups in total. The van der Waals surface area contributed by atoms with Crippen LogP contribution in [0.1, 0.15) is 24.1 Å². The third-order valence-electron chi connectivity index (χ3n) is 5.56. The minimum Gasteiger partial charge on any atom is -0.496 e. The van der Waals surface area contributed by atoms with Gasteiger partial charge in [-0.1, -0.05) is 37.3 Å². The highest BCUT2D eigenvalue weighted by Crippen LogP contribution is 2.29. The van der Waals surface area contributed by atoms with E-state index in [1.807, 2.05) is 18.2 Å². The SMILES string of the molecule is CCN1CCN(C(CNC(=O)Cc2ccc(F)cc2)c2ccccc2OC)CC1. The number of piperazine rings is 1. The quantitative estimate of drug-likeness (QED) is 0.741. The van der Waals surface area contributed by atoms with Gasteiger partial charge in [-0.3, -0.25) is 9.69 Å². The van der Waals surface area contributed by atoms with E-state index in [1.165, 1.54) is 12.1 Å². The first-order valence-corrected chi connectivity index (χ1v) is 10.2. The lowest BCUT2D eigenvalue weighted by atomic mass is 10.0. The predicted octanol–water partition coefficient (Wildman–Crippen LogP) is 2.87. The number of ether oxygens (including phenoxy) is 1. The molecular weight excluding hydrogens is 369 g/mol. The van der Waals surface area contributed by atoms with Crippen LogP contribution in [0.2, 0.25) is 0 Å². The molecule has 2 aromatic carbocycles. The van der Waals surface area contributed by atoms with Crippen LogP contribution >= 0.6 is 0 Å². The summed E-state index contributed by atoms with van der Waals surface area (Å²) in [6.45, 7) is 7.68. The summed E-state index contributed by atoms with van der Waals surface area (Å²) in [5.41, 5.74) is 1.89. The first-order valence-electron chi connectivity index (χ1n) is 10.2. The maximum Gasteiger partial charge on any atom is 0.224 e. The number of methoxy groups -OCH3 is 1. The molecule has 0 saturated carbocycles. The highest BCUT2D eigenvalue weighted by atomic mass is 19.1. The Hall–Kier alpha value is -2.44. The number of halogens is 1. The van der Waals surface area contributed by atoms with Crippen LogP contribution in [0.15, 0.2) is 48.5 Å². The molecule has 1 aliphatic heterocycles. The van der Waals surface area contributed by atoms with Crippen LogP contribution in [0.5, 0.6) is 5.75 Å². The summed E-state index contributed by atoms with van der Waals surface area (Å²) in [6.07, 6.45) is 0.239. The van der Waals surface area contributed by atoms with Crippen molar-refractivity contribution >= 4 is 5.91 Å². The van der Waals surface area contributed by atoms with Crippen LogP contribution in [-0.4, -0.2) is 62.1 Å². The summed E-state index contributed by atoms with van der Waals surface area (Å²) >= 11 is 0. The van der Waals surface area contributed by atoms with Gasteiger partial charge < -0.3 is 15.0 Å². The number of carbonyl (C=O) groups excluding carboxylic acids is 1. The molecule has 1 atom stereocenters. The van der Waals surface area contributed by atoms with Crippen molar-refractivity contribution in [1.82, 2.24) is 15.1 Å². The van der Waals surface area contributed by atoms with Crippen LogP contribution < -0.4 is 10.1 Å². The maximum absolute atomic E-state index is 13.1. The molecule has 0 aliphatic carbocycles. The number of nitrogens with zero attached hydrogens (tertiary/aromatic N) is 2. The molecule has 1 fully saturated rings. The molecule has 29 heavy (non-hydrogen) atoms. The Morgan fingerprint density at radius 3 is 2.45 bits per heavy atom. The van der Waals surface area contributed by atoms with Crippen LogP contribution in [0, 0.1) is 5.82 Å². The summed E-state index contributed by atoms with van der Waals surface area (Å²) in [4.78, 5) is 17.4. The van der Waals surface area contributed by atoms with E-state index in [0.717, 1.165) is 49.6 Å². The van der Waals surface area contributed by atoms with Gasteiger partial charge in [0.2, 0.25) is 5.91 Å². The Labute approximate surface area is 172 Å². The van der Waals surface area contributed by atoms with E-state index in [1.54, 1.807) is 19.2 Å². The van der Waals surface area contributed by atoms with Gasteiger partial charge in [0.05, 0.1) is 19.6 Å². The van der Waals surface area contributed by atoms with Crippen molar-refractivity contribution < 1.29 is 13.9 Å². The molecule has 6 heteroatoms. The molecule has 0 aromatic heterocycles. The normalized spacial score (nSPS) is 16.4. The fraction of sp³-hybridized carbons (Fsp3) is 0.435. The number of para-hydroxylation sites is 1. The molecule has 1 aliphatic rings. The van der Waals surface area contributed by atoms with Gasteiger partial charge in [-0.15, -0.1) is 0 Å². The zero-order valence-electron chi connectivity index (χ0n) is 17.2. The van der Waals surface area contributed by atoms with Crippen LogP contribution in [0.3, 0.4) is 0 Å². The van der Waals surface area contributed by atoms with Crippen molar-refractivity contribution in [3.63, 3.8) is 0 Å². The summed E-state index contributed by atoms with van der Waals surface area (Å²) in [6, 6.07) is 14.1. The summed E-state index contributed by atoms with van der Waals surface area (Å²) in [5.74, 6) is 0.475. The molecule has 0 bridgehead atoms. The molecule has 5 nitrogen and oxygen atoms in total. The Kier molecular flexibility index (Phi) is 7.61. The van der Waals surface area contributed by atoms with E-state index in [4.69, 9.17) is 4.74 Å². The lowest BCUT2D eigenvalue weighted by Gasteiger charge is -2.39. The van der Waals surface area contributed by atoms with Crippen LogP contribution in [0.4, 0.5) is 4.39 Å². The average molecular weight is 400 g/mol. The number of likely N-dealkylation sites (N-methyl/N-ethyl adjacent to an activating group) is 1. The smallest absolute Gasteiger partial charge is 0.224 e. The fourth-order valence-corrected chi connectivity index (χ4v) is 3.83. The zero-order valence-corrected chi connectivity index (χ0v) is 17.2. The summed E-state index contributed by atoms with van der Waals surface area (Å²) in [7, 11) is 1.68. The van der Waals surface area contributed by atoms with Gasteiger partial charge in [0.15, 0.2) is 0 Å². The standard InChI is InChI=1S/C23H30FN3O2/c1-3-26-12-14-27(15-13-26)21(20-6-4-5-7-22(20)29-2)17-25-23(28)16-18-8-10-19(24)11-9-18/h4-11,21H,3,12-17H2,1-2H3,(H,25,28). The molecule has 3 rings (SSSR count). The van der Waals surface area contributed by atoms with Gasteiger partial charge in [-0.25, -0.2) is 4.39 Å². The van der Waals surface area contributed by atoms with E-state index in [-0.39, 0.29) is 24.2 Å². The summed E-state index contributed by atoms with van der Waals surface area (Å²) < 4.78 is 18.7. The van der Waals surface area contributed by atoms with Crippen molar-refractivity contribution in [1.29, 1.82) is 0 Å². The van der Waals surface area contributed by atoms with Crippen LogP contribution in [0.25, 0.3) is 0 Å². The molecule has 0 spiro atoms. The van der Waals surface area contributed by atoms with Crippen molar-refractivity contribution in [3.8, 4) is 5.75 Å². The minimum absolute atomic E-state index is 0.0438. The van der Waals surface area contributed by atoms with Crippen molar-refractivity contribution in [2.75, 3.05) is 46.4 Å². The molecular formula is C23H30FN3O2. The van der Waals surface area contributed by atoms with Crippen molar-refractivity contribution in [2.24, 2.45) is 0 Å². The summed E-state index contributed by atoms with van der Waals surface area (Å²) in [5, 5.41) is 3.07.